The summed E-state index contributed by atoms with van der Waals surface area (Å²) in [6, 6.07) is 6.06. The molecule has 0 aromatic heterocycles. The van der Waals surface area contributed by atoms with E-state index < -0.39 is 40.7 Å². The Balaban J connectivity index is 1.50. The zero-order valence-electron chi connectivity index (χ0n) is 20.9. The van der Waals surface area contributed by atoms with E-state index in [4.69, 9.17) is 27.9 Å². The molecule has 0 aliphatic heterocycles. The second kappa shape index (κ2) is 12.2. The number of aliphatic hydroxyl groups excluding tert-OH is 1. The van der Waals surface area contributed by atoms with Gasteiger partial charge in [-0.2, -0.15) is 13.2 Å². The number of rotatable bonds is 9. The van der Waals surface area contributed by atoms with Gasteiger partial charge in [-0.15, -0.1) is 0 Å². The van der Waals surface area contributed by atoms with Crippen molar-refractivity contribution in [2.45, 2.75) is 80.6 Å². The minimum absolute atomic E-state index is 0.0661. The van der Waals surface area contributed by atoms with Crippen molar-refractivity contribution in [1.29, 1.82) is 0 Å². The zero-order chi connectivity index (χ0) is 28.4. The van der Waals surface area contributed by atoms with Crippen LogP contribution in [0.1, 0.15) is 72.5 Å². The van der Waals surface area contributed by atoms with E-state index in [1.54, 1.807) is 18.2 Å². The van der Waals surface area contributed by atoms with E-state index in [2.05, 4.69) is 10.0 Å². The minimum Gasteiger partial charge on any atom is -0.494 e. The molecule has 4 rings (SSSR count). The highest BCUT2D eigenvalue weighted by Gasteiger charge is 2.34. The Bertz CT molecular complexity index is 1320. The van der Waals surface area contributed by atoms with Gasteiger partial charge in [0.05, 0.1) is 34.4 Å². The predicted octanol–water partition coefficient (Wildman–Crippen LogP) is 5.71. The second-order valence-corrected chi connectivity index (χ2v) is 12.4. The zero-order valence-corrected chi connectivity index (χ0v) is 23.2. The topological polar surface area (TPSA) is 105 Å². The van der Waals surface area contributed by atoms with E-state index in [0.717, 1.165) is 30.9 Å². The molecular formula is C26H29Cl2F3N2O5S. The number of nitrogens with one attached hydrogen (secondary N) is 2. The smallest absolute Gasteiger partial charge is 0.389 e. The summed E-state index contributed by atoms with van der Waals surface area (Å²) in [7, 11) is -4.03. The van der Waals surface area contributed by atoms with Gasteiger partial charge >= 0.3 is 6.18 Å². The summed E-state index contributed by atoms with van der Waals surface area (Å²) < 4.78 is 71.4. The number of halogens is 5. The molecule has 0 heterocycles. The molecule has 1 amide bonds. The van der Waals surface area contributed by atoms with E-state index in [0.29, 0.717) is 24.2 Å². The highest BCUT2D eigenvalue weighted by molar-refractivity contribution is 7.89. The van der Waals surface area contributed by atoms with Crippen LogP contribution in [0, 0.1) is 0 Å². The van der Waals surface area contributed by atoms with Crippen LogP contribution in [0.15, 0.2) is 35.2 Å². The monoisotopic (exact) mass is 608 g/mol. The van der Waals surface area contributed by atoms with Gasteiger partial charge in [0.1, 0.15) is 10.6 Å². The van der Waals surface area contributed by atoms with E-state index in [1.165, 1.54) is 6.07 Å². The summed E-state index contributed by atoms with van der Waals surface area (Å²) in [4.78, 5) is 13.0. The first-order valence-electron chi connectivity index (χ1n) is 12.7. The number of carbonyl (C=O) groups is 1. The SMILES string of the molecule is O=C(N[C@H]1c2cc(OCCCC(F)(F)F)ccc2C[C@@H]1O)c1cc(S(=O)(=O)NC2CCCCC2)c(Cl)cc1Cl. The van der Waals surface area contributed by atoms with Gasteiger partial charge in [0, 0.05) is 18.9 Å². The van der Waals surface area contributed by atoms with Gasteiger partial charge in [0.25, 0.3) is 5.91 Å². The van der Waals surface area contributed by atoms with Crippen LogP contribution in [0.25, 0.3) is 0 Å². The van der Waals surface area contributed by atoms with Gasteiger partial charge in [0.15, 0.2) is 0 Å². The van der Waals surface area contributed by atoms with E-state index in [9.17, 15) is 31.5 Å². The third-order valence-corrected chi connectivity index (χ3v) is 9.21. The molecule has 0 radical (unpaired) electrons. The maximum absolute atomic E-state index is 13.2. The van der Waals surface area contributed by atoms with Crippen LogP contribution >= 0.6 is 23.2 Å². The van der Waals surface area contributed by atoms with Crippen LogP contribution in [0.4, 0.5) is 13.2 Å². The van der Waals surface area contributed by atoms with Crippen molar-refractivity contribution in [1.82, 2.24) is 10.0 Å². The average Bonchev–Trinajstić information content (AvgIpc) is 3.15. The number of hydrogen-bond donors (Lipinski definition) is 3. The molecule has 2 aliphatic carbocycles. The van der Waals surface area contributed by atoms with Crippen molar-refractivity contribution >= 4 is 39.1 Å². The van der Waals surface area contributed by atoms with E-state index >= 15 is 0 Å². The first-order chi connectivity index (χ1) is 18.3. The number of benzene rings is 2. The Hall–Kier alpha value is -2.05. The van der Waals surface area contributed by atoms with Gasteiger partial charge in [0.2, 0.25) is 10.0 Å². The molecule has 2 aromatic carbocycles. The molecule has 2 aliphatic rings. The number of ether oxygens (including phenoxy) is 1. The van der Waals surface area contributed by atoms with Gasteiger partial charge in [-0.25, -0.2) is 13.1 Å². The number of carbonyl (C=O) groups excluding carboxylic acids is 1. The summed E-state index contributed by atoms with van der Waals surface area (Å²) in [5.41, 5.74) is 1.14. The van der Waals surface area contributed by atoms with Crippen molar-refractivity contribution in [2.24, 2.45) is 0 Å². The Labute approximate surface area is 235 Å². The minimum atomic E-state index is -4.27. The molecule has 0 bridgehead atoms. The maximum atomic E-state index is 13.2. The lowest BCUT2D eigenvalue weighted by Gasteiger charge is -2.23. The quantitative estimate of drug-likeness (QED) is 0.316. The summed E-state index contributed by atoms with van der Waals surface area (Å²) in [6.07, 6.45) is -1.90. The fraction of sp³-hybridized carbons (Fsp3) is 0.500. The van der Waals surface area contributed by atoms with Gasteiger partial charge < -0.3 is 15.2 Å². The molecule has 7 nitrogen and oxygen atoms in total. The molecule has 2 aromatic rings. The van der Waals surface area contributed by atoms with Crippen molar-refractivity contribution < 1.29 is 36.2 Å². The summed E-state index contributed by atoms with van der Waals surface area (Å²) in [6.45, 7) is -0.148. The first-order valence-corrected chi connectivity index (χ1v) is 14.9. The summed E-state index contributed by atoms with van der Waals surface area (Å²) in [5, 5.41) is 13.1. The van der Waals surface area contributed by atoms with E-state index in [1.807, 2.05) is 0 Å². The summed E-state index contributed by atoms with van der Waals surface area (Å²) >= 11 is 12.5. The van der Waals surface area contributed by atoms with Crippen molar-refractivity contribution in [3.8, 4) is 5.75 Å². The van der Waals surface area contributed by atoms with Gasteiger partial charge in [-0.3, -0.25) is 4.79 Å². The van der Waals surface area contributed by atoms with Crippen LogP contribution in [-0.2, 0) is 16.4 Å². The second-order valence-electron chi connectivity index (χ2n) is 9.87. The predicted molar refractivity (Wildman–Crippen MR) is 141 cm³/mol. The average molecular weight is 609 g/mol. The normalized spacial score (nSPS) is 20.1. The van der Waals surface area contributed by atoms with Crippen LogP contribution in [0.5, 0.6) is 5.75 Å². The number of sulfonamides is 1. The van der Waals surface area contributed by atoms with Crippen LogP contribution in [-0.4, -0.2) is 44.4 Å². The lowest BCUT2D eigenvalue weighted by molar-refractivity contribution is -0.136. The Morgan fingerprint density at radius 2 is 1.79 bits per heavy atom. The van der Waals surface area contributed by atoms with Crippen LogP contribution in [0.3, 0.4) is 0 Å². The molecule has 13 heteroatoms. The lowest BCUT2D eigenvalue weighted by atomic mass is 9.96. The van der Waals surface area contributed by atoms with Crippen LogP contribution in [0.2, 0.25) is 10.0 Å². The fourth-order valence-corrected chi connectivity index (χ4v) is 7.12. The third kappa shape index (κ3) is 7.58. The molecule has 214 valence electrons. The number of aliphatic hydroxyl groups is 1. The van der Waals surface area contributed by atoms with Crippen LogP contribution < -0.4 is 14.8 Å². The molecule has 1 fully saturated rings. The van der Waals surface area contributed by atoms with Gasteiger partial charge in [-0.05, 0) is 54.7 Å². The van der Waals surface area contributed by atoms with E-state index in [-0.39, 0.29) is 46.0 Å². The Kier molecular flexibility index (Phi) is 9.37. The molecule has 3 N–H and O–H groups in total. The standard InChI is InChI=1S/C26H29Cl2F3N2O5S/c27-20-14-21(28)23(39(36,37)33-16-5-2-1-3-6-16)13-19(20)25(35)32-24-18-12-17(8-7-15(18)11-22(24)34)38-10-4-9-26(29,30)31/h7-8,12-14,16,22,24,33-34H,1-6,9-11H2,(H,32,35)/t22-,24-/m0/s1. The largest absolute Gasteiger partial charge is 0.494 e. The summed E-state index contributed by atoms with van der Waals surface area (Å²) in [5.74, 6) is -0.421. The molecule has 1 saturated carbocycles. The van der Waals surface area contributed by atoms with Crippen molar-refractivity contribution in [3.05, 3.63) is 57.1 Å². The molecule has 0 saturated heterocycles. The maximum Gasteiger partial charge on any atom is 0.389 e. The highest BCUT2D eigenvalue weighted by Crippen LogP contribution is 2.36. The molecule has 39 heavy (non-hydrogen) atoms. The molecule has 2 atom stereocenters. The fourth-order valence-electron chi connectivity index (χ4n) is 4.96. The Morgan fingerprint density at radius 1 is 1.08 bits per heavy atom. The Morgan fingerprint density at radius 3 is 2.49 bits per heavy atom. The molecular weight excluding hydrogens is 580 g/mol. The molecule has 0 unspecified atom stereocenters. The number of fused-ring (bicyclic) bond motifs is 1. The number of amides is 1. The first kappa shape index (κ1) is 29.9. The number of alkyl halides is 3. The number of hydrogen-bond acceptors (Lipinski definition) is 5. The highest BCUT2D eigenvalue weighted by atomic mass is 35.5. The van der Waals surface area contributed by atoms with Crippen molar-refractivity contribution in [2.75, 3.05) is 6.61 Å². The molecule has 0 spiro atoms. The van der Waals surface area contributed by atoms with Gasteiger partial charge in [-0.1, -0.05) is 48.5 Å². The third-order valence-electron chi connectivity index (χ3n) is 6.91. The lowest BCUT2D eigenvalue weighted by Crippen LogP contribution is -2.37. The van der Waals surface area contributed by atoms with Crippen molar-refractivity contribution in [3.63, 3.8) is 0 Å².